The minimum absolute atomic E-state index is 0.124. The van der Waals surface area contributed by atoms with E-state index in [0.717, 1.165) is 6.29 Å². The van der Waals surface area contributed by atoms with Gasteiger partial charge in [-0.15, -0.1) is 0 Å². The fourth-order valence-electron chi connectivity index (χ4n) is 0.941. The molecule has 1 atom stereocenters. The van der Waals surface area contributed by atoms with Crippen molar-refractivity contribution in [3.8, 4) is 0 Å². The maximum atomic E-state index is 10.7. The topological polar surface area (TPSA) is 34.1 Å². The van der Waals surface area contributed by atoms with Gasteiger partial charge >= 0.3 is 0 Å². The van der Waals surface area contributed by atoms with Gasteiger partial charge in [0.1, 0.15) is 6.29 Å². The Morgan fingerprint density at radius 2 is 2.40 bits per heavy atom. The average Bonchev–Trinajstić information content (AvgIpc) is 1.96. The third-order valence-electron chi connectivity index (χ3n) is 1.83. The van der Waals surface area contributed by atoms with Crippen molar-refractivity contribution in [3.63, 3.8) is 0 Å². The molecule has 0 bridgehead atoms. The highest BCUT2D eigenvalue weighted by Gasteiger charge is 2.24. The monoisotopic (exact) mass is 138 g/mol. The predicted molar refractivity (Wildman–Crippen MR) is 37.6 cm³/mol. The van der Waals surface area contributed by atoms with Gasteiger partial charge in [-0.05, 0) is 19.4 Å². The van der Waals surface area contributed by atoms with Crippen LogP contribution in [0.4, 0.5) is 0 Å². The van der Waals surface area contributed by atoms with Gasteiger partial charge in [-0.3, -0.25) is 4.79 Å². The lowest BCUT2D eigenvalue weighted by Crippen LogP contribution is -2.20. The molecule has 0 radical (unpaired) electrons. The molecule has 1 aliphatic rings. The number of ketones is 1. The second-order valence-electron chi connectivity index (χ2n) is 2.92. The maximum absolute atomic E-state index is 10.7. The van der Waals surface area contributed by atoms with Gasteiger partial charge in [0, 0.05) is 11.8 Å². The third-order valence-corrected chi connectivity index (χ3v) is 1.83. The fourth-order valence-corrected chi connectivity index (χ4v) is 0.941. The zero-order chi connectivity index (χ0) is 7.61. The van der Waals surface area contributed by atoms with Crippen molar-refractivity contribution in [3.05, 3.63) is 12.2 Å². The van der Waals surface area contributed by atoms with Crippen LogP contribution in [0.1, 0.15) is 19.8 Å². The quantitative estimate of drug-likeness (QED) is 0.508. The Bertz CT molecular complexity index is 193. The maximum Gasteiger partial charge on any atom is 0.155 e. The summed E-state index contributed by atoms with van der Waals surface area (Å²) in [6, 6.07) is 0. The molecule has 1 aliphatic carbocycles. The highest BCUT2D eigenvalue weighted by Crippen LogP contribution is 2.25. The van der Waals surface area contributed by atoms with E-state index in [-0.39, 0.29) is 11.2 Å². The summed E-state index contributed by atoms with van der Waals surface area (Å²) in [5.74, 6) is 0.124. The van der Waals surface area contributed by atoms with Crippen molar-refractivity contribution in [2.24, 2.45) is 5.41 Å². The highest BCUT2D eigenvalue weighted by molar-refractivity contribution is 5.92. The van der Waals surface area contributed by atoms with Crippen LogP contribution in [0.25, 0.3) is 0 Å². The second kappa shape index (κ2) is 2.37. The zero-order valence-electron chi connectivity index (χ0n) is 5.96. The van der Waals surface area contributed by atoms with Crippen LogP contribution in [0.5, 0.6) is 0 Å². The number of allylic oxidation sites excluding steroid dienone is 2. The van der Waals surface area contributed by atoms with E-state index in [1.54, 1.807) is 6.08 Å². The minimum Gasteiger partial charge on any atom is -0.302 e. The number of hydrogen-bond acceptors (Lipinski definition) is 2. The molecule has 0 unspecified atom stereocenters. The first-order valence-electron chi connectivity index (χ1n) is 3.35. The highest BCUT2D eigenvalue weighted by atomic mass is 16.1. The van der Waals surface area contributed by atoms with Crippen LogP contribution in [0, 0.1) is 5.41 Å². The number of rotatable bonds is 1. The van der Waals surface area contributed by atoms with Gasteiger partial charge in [-0.2, -0.15) is 0 Å². The first kappa shape index (κ1) is 7.19. The molecule has 0 aromatic heterocycles. The molecule has 0 aliphatic heterocycles. The molecule has 0 aromatic rings. The van der Waals surface area contributed by atoms with E-state index in [9.17, 15) is 9.59 Å². The van der Waals surface area contributed by atoms with Crippen LogP contribution in [0.2, 0.25) is 0 Å². The molecular formula is C8H10O2. The molecule has 2 nitrogen and oxygen atoms in total. The van der Waals surface area contributed by atoms with Crippen molar-refractivity contribution in [1.29, 1.82) is 0 Å². The molecule has 1 rings (SSSR count). The first-order chi connectivity index (χ1) is 4.66. The van der Waals surface area contributed by atoms with E-state index in [1.165, 1.54) is 6.08 Å². The van der Waals surface area contributed by atoms with Gasteiger partial charge in [0.25, 0.3) is 0 Å². The molecule has 10 heavy (non-hydrogen) atoms. The largest absolute Gasteiger partial charge is 0.302 e. The van der Waals surface area contributed by atoms with Crippen molar-refractivity contribution < 1.29 is 9.59 Å². The Hall–Kier alpha value is -0.920. The Balaban J connectivity index is 2.77. The number of carbonyl (C=O) groups is 2. The Kier molecular flexibility index (Phi) is 1.70. The molecular weight excluding hydrogens is 128 g/mol. The molecule has 0 heterocycles. The summed E-state index contributed by atoms with van der Waals surface area (Å²) in [5.41, 5.74) is -0.381. The van der Waals surface area contributed by atoms with E-state index in [2.05, 4.69) is 0 Å². The summed E-state index contributed by atoms with van der Waals surface area (Å²) in [4.78, 5) is 21.1. The Labute approximate surface area is 59.9 Å². The number of aldehydes is 1. The SMILES string of the molecule is C[C@@]1(C=O)C=CC(=O)CC1. The molecule has 0 amide bonds. The van der Waals surface area contributed by atoms with Crippen LogP contribution in [-0.2, 0) is 9.59 Å². The number of hydrogen-bond donors (Lipinski definition) is 0. The van der Waals surface area contributed by atoms with Gasteiger partial charge in [0.15, 0.2) is 5.78 Å². The summed E-state index contributed by atoms with van der Waals surface area (Å²) in [6.07, 6.45) is 5.25. The summed E-state index contributed by atoms with van der Waals surface area (Å²) in [7, 11) is 0. The molecule has 0 N–H and O–H groups in total. The van der Waals surface area contributed by atoms with Crippen LogP contribution >= 0.6 is 0 Å². The Morgan fingerprint density at radius 3 is 2.80 bits per heavy atom. The van der Waals surface area contributed by atoms with E-state index in [0.29, 0.717) is 12.8 Å². The molecule has 0 spiro atoms. The fraction of sp³-hybridized carbons (Fsp3) is 0.500. The van der Waals surface area contributed by atoms with Gasteiger partial charge in [-0.25, -0.2) is 0 Å². The lowest BCUT2D eigenvalue weighted by molar-refractivity contribution is -0.117. The standard InChI is InChI=1S/C8H10O2/c1-8(6-9)4-2-7(10)3-5-8/h2,4,6H,3,5H2,1H3/t8-/m1/s1. The van der Waals surface area contributed by atoms with Gasteiger partial charge in [0.2, 0.25) is 0 Å². The Morgan fingerprint density at radius 1 is 1.70 bits per heavy atom. The van der Waals surface area contributed by atoms with E-state index in [4.69, 9.17) is 0 Å². The first-order valence-corrected chi connectivity index (χ1v) is 3.35. The number of carbonyl (C=O) groups excluding carboxylic acids is 2. The second-order valence-corrected chi connectivity index (χ2v) is 2.92. The van der Waals surface area contributed by atoms with E-state index < -0.39 is 0 Å². The molecule has 0 aromatic carbocycles. The lowest BCUT2D eigenvalue weighted by Gasteiger charge is -2.20. The molecule has 54 valence electrons. The predicted octanol–water partition coefficient (Wildman–Crippen LogP) is 1.11. The smallest absolute Gasteiger partial charge is 0.155 e. The zero-order valence-corrected chi connectivity index (χ0v) is 5.96. The van der Waals surface area contributed by atoms with Crippen molar-refractivity contribution in [2.45, 2.75) is 19.8 Å². The van der Waals surface area contributed by atoms with Gasteiger partial charge in [0.05, 0.1) is 0 Å². The van der Waals surface area contributed by atoms with Crippen LogP contribution in [0.15, 0.2) is 12.2 Å². The summed E-state index contributed by atoms with van der Waals surface area (Å²) in [5, 5.41) is 0. The third kappa shape index (κ3) is 1.32. The van der Waals surface area contributed by atoms with E-state index in [1.807, 2.05) is 6.92 Å². The summed E-state index contributed by atoms with van der Waals surface area (Å²) in [6.45, 7) is 1.84. The lowest BCUT2D eigenvalue weighted by atomic mass is 9.82. The molecule has 0 saturated carbocycles. The van der Waals surface area contributed by atoms with Crippen LogP contribution in [0.3, 0.4) is 0 Å². The van der Waals surface area contributed by atoms with Crippen molar-refractivity contribution in [1.82, 2.24) is 0 Å². The molecule has 0 fully saturated rings. The average molecular weight is 138 g/mol. The van der Waals surface area contributed by atoms with Crippen LogP contribution in [-0.4, -0.2) is 12.1 Å². The van der Waals surface area contributed by atoms with Crippen molar-refractivity contribution >= 4 is 12.1 Å². The molecule has 2 heteroatoms. The summed E-state index contributed by atoms with van der Waals surface area (Å²) >= 11 is 0. The molecule has 0 saturated heterocycles. The van der Waals surface area contributed by atoms with Crippen molar-refractivity contribution in [2.75, 3.05) is 0 Å². The van der Waals surface area contributed by atoms with Gasteiger partial charge in [-0.1, -0.05) is 6.08 Å². The van der Waals surface area contributed by atoms with E-state index >= 15 is 0 Å². The van der Waals surface area contributed by atoms with Crippen LogP contribution < -0.4 is 0 Å². The normalized spacial score (nSPS) is 32.3. The minimum atomic E-state index is -0.381. The van der Waals surface area contributed by atoms with Gasteiger partial charge < -0.3 is 4.79 Å². The summed E-state index contributed by atoms with van der Waals surface area (Å²) < 4.78 is 0.